The predicted octanol–water partition coefficient (Wildman–Crippen LogP) is 7.71. The van der Waals surface area contributed by atoms with E-state index < -0.39 is 0 Å². The van der Waals surface area contributed by atoms with Crippen LogP contribution in [0.15, 0.2) is 60.8 Å². The van der Waals surface area contributed by atoms with Gasteiger partial charge in [-0.1, -0.05) is 66.5 Å². The number of piperidine rings is 1. The minimum absolute atomic E-state index is 0.0661. The van der Waals surface area contributed by atoms with Crippen LogP contribution in [0.1, 0.15) is 56.5 Å². The second-order valence-electron chi connectivity index (χ2n) is 10.1. The van der Waals surface area contributed by atoms with Gasteiger partial charge in [0.25, 0.3) is 0 Å². The number of likely N-dealkylation sites (tertiary alicyclic amines) is 1. The zero-order chi connectivity index (χ0) is 26.6. The van der Waals surface area contributed by atoms with E-state index in [1.54, 1.807) is 0 Å². The summed E-state index contributed by atoms with van der Waals surface area (Å²) < 4.78 is 2.38. The molecule has 0 amide bonds. The molecule has 1 aliphatic heterocycles. The molecule has 1 saturated heterocycles. The minimum Gasteiger partial charge on any atom is -0.348 e. The molecule has 1 atom stereocenters. The number of nitrogens with zero attached hydrogens (tertiary/aromatic N) is 5. The van der Waals surface area contributed by atoms with Crippen LogP contribution in [0.3, 0.4) is 0 Å². The fraction of sp³-hybridized carbons (Fsp3) is 0.367. The van der Waals surface area contributed by atoms with Gasteiger partial charge in [-0.05, 0) is 70.1 Å². The Kier molecular flexibility index (Phi) is 8.32. The monoisotopic (exact) mass is 548 g/mol. The zero-order valence-corrected chi connectivity index (χ0v) is 23.7. The summed E-state index contributed by atoms with van der Waals surface area (Å²) in [6.07, 6.45) is 4.98. The summed E-state index contributed by atoms with van der Waals surface area (Å²) in [4.78, 5) is 17.2. The molecule has 198 valence electrons. The van der Waals surface area contributed by atoms with E-state index in [0.717, 1.165) is 67.4 Å². The fourth-order valence-electron chi connectivity index (χ4n) is 5.18. The normalized spacial score (nSPS) is 15.5. The molecule has 0 bridgehead atoms. The molecule has 1 aliphatic rings. The minimum atomic E-state index is 0.0661. The number of hydrogen-bond donors (Lipinski definition) is 1. The Bertz CT molecular complexity index is 1380. The van der Waals surface area contributed by atoms with Gasteiger partial charge in [-0.3, -0.25) is 0 Å². The number of benzene rings is 2. The van der Waals surface area contributed by atoms with Gasteiger partial charge in [0.05, 0.1) is 33.2 Å². The van der Waals surface area contributed by atoms with Crippen LogP contribution in [0.25, 0.3) is 22.6 Å². The lowest BCUT2D eigenvalue weighted by atomic mass is 9.96. The molecule has 1 fully saturated rings. The summed E-state index contributed by atoms with van der Waals surface area (Å²) in [5.74, 6) is 2.11. The number of aromatic nitrogens is 4. The summed E-state index contributed by atoms with van der Waals surface area (Å²) in [7, 11) is 2.19. The van der Waals surface area contributed by atoms with Gasteiger partial charge < -0.3 is 14.8 Å². The van der Waals surface area contributed by atoms with E-state index in [2.05, 4.69) is 52.8 Å². The van der Waals surface area contributed by atoms with Crippen molar-refractivity contribution in [1.82, 2.24) is 24.4 Å². The fourth-order valence-corrected chi connectivity index (χ4v) is 5.48. The van der Waals surface area contributed by atoms with Gasteiger partial charge in [0.2, 0.25) is 5.95 Å². The van der Waals surface area contributed by atoms with Gasteiger partial charge in [-0.15, -0.1) is 0 Å². The van der Waals surface area contributed by atoms with Crippen LogP contribution in [0.2, 0.25) is 10.0 Å². The Hall–Kier alpha value is -2.93. The predicted molar refractivity (Wildman–Crippen MR) is 157 cm³/mol. The molecular formula is C30H34Cl2N6. The number of imidazole rings is 1. The molecule has 0 aliphatic carbocycles. The highest BCUT2D eigenvalue weighted by atomic mass is 35.5. The number of nitrogens with one attached hydrogen (secondary N) is 1. The Morgan fingerprint density at radius 3 is 2.47 bits per heavy atom. The molecule has 2 aromatic carbocycles. The topological polar surface area (TPSA) is 58.9 Å². The van der Waals surface area contributed by atoms with Crippen molar-refractivity contribution in [3.05, 3.63) is 82.2 Å². The molecule has 0 spiro atoms. The maximum absolute atomic E-state index is 6.47. The highest BCUT2D eigenvalue weighted by Gasteiger charge is 2.28. The van der Waals surface area contributed by atoms with E-state index >= 15 is 0 Å². The standard InChI is InChI=1S/C30H34Cl2N6/c1-4-16-38-28(26-12-15-33-30(35-26)34-20(2)21-8-6-5-7-9-21)27(23-10-11-24(31)25(32)19-23)36-29(38)22-13-17-37(3)18-14-22/h5-12,15,19-20,22H,4,13-14,16-18H2,1-3H3,(H,33,34,35)/t20-/m1/s1. The van der Waals surface area contributed by atoms with Crippen LogP contribution in [-0.2, 0) is 6.54 Å². The average molecular weight is 550 g/mol. The molecule has 5 rings (SSSR count). The van der Waals surface area contributed by atoms with Crippen LogP contribution in [0, 0.1) is 0 Å². The van der Waals surface area contributed by atoms with Gasteiger partial charge in [0, 0.05) is 24.2 Å². The van der Waals surface area contributed by atoms with Gasteiger partial charge in [0.1, 0.15) is 5.82 Å². The van der Waals surface area contributed by atoms with Crippen LogP contribution >= 0.6 is 23.2 Å². The quantitative estimate of drug-likeness (QED) is 0.244. The molecule has 6 nitrogen and oxygen atoms in total. The molecule has 4 aromatic rings. The maximum atomic E-state index is 6.47. The summed E-state index contributed by atoms with van der Waals surface area (Å²) in [6, 6.07) is 18.1. The second kappa shape index (κ2) is 11.9. The van der Waals surface area contributed by atoms with Gasteiger partial charge in [-0.25, -0.2) is 15.0 Å². The third kappa shape index (κ3) is 5.73. The SMILES string of the molecule is CCCn1c(C2CCN(C)CC2)nc(-c2ccc(Cl)c(Cl)c2)c1-c1ccnc(N[C@H](C)c2ccccc2)n1. The third-order valence-corrected chi connectivity index (χ3v) is 8.00. The molecule has 8 heteroatoms. The van der Waals surface area contributed by atoms with E-state index in [4.69, 9.17) is 33.2 Å². The Balaban J connectivity index is 1.61. The van der Waals surface area contributed by atoms with Crippen LogP contribution in [0.4, 0.5) is 5.95 Å². The lowest BCUT2D eigenvalue weighted by Gasteiger charge is -2.29. The first-order valence-electron chi connectivity index (χ1n) is 13.3. The van der Waals surface area contributed by atoms with Crippen LogP contribution < -0.4 is 5.32 Å². The van der Waals surface area contributed by atoms with Crippen molar-refractivity contribution in [3.63, 3.8) is 0 Å². The molecule has 0 radical (unpaired) electrons. The van der Waals surface area contributed by atoms with E-state index in [1.807, 2.05) is 48.7 Å². The second-order valence-corrected chi connectivity index (χ2v) is 10.9. The lowest BCUT2D eigenvalue weighted by Crippen LogP contribution is -2.30. The van der Waals surface area contributed by atoms with Crippen LogP contribution in [0.5, 0.6) is 0 Å². The van der Waals surface area contributed by atoms with Crippen molar-refractivity contribution in [3.8, 4) is 22.6 Å². The maximum Gasteiger partial charge on any atom is 0.223 e. The van der Waals surface area contributed by atoms with Crippen molar-refractivity contribution in [2.75, 3.05) is 25.5 Å². The van der Waals surface area contributed by atoms with E-state index in [1.165, 1.54) is 5.56 Å². The summed E-state index contributed by atoms with van der Waals surface area (Å²) in [5, 5.41) is 4.52. The highest BCUT2D eigenvalue weighted by Crippen LogP contribution is 2.39. The number of anilines is 1. The first-order chi connectivity index (χ1) is 18.4. The van der Waals surface area contributed by atoms with Crippen molar-refractivity contribution < 1.29 is 0 Å². The molecular weight excluding hydrogens is 515 g/mol. The van der Waals surface area contributed by atoms with Crippen molar-refractivity contribution in [1.29, 1.82) is 0 Å². The molecule has 38 heavy (non-hydrogen) atoms. The Morgan fingerprint density at radius 2 is 1.76 bits per heavy atom. The largest absolute Gasteiger partial charge is 0.348 e. The van der Waals surface area contributed by atoms with E-state index in [0.29, 0.717) is 21.9 Å². The van der Waals surface area contributed by atoms with Gasteiger partial charge in [-0.2, -0.15) is 0 Å². The number of rotatable bonds is 8. The number of hydrogen-bond acceptors (Lipinski definition) is 5. The van der Waals surface area contributed by atoms with Crippen molar-refractivity contribution >= 4 is 29.2 Å². The van der Waals surface area contributed by atoms with E-state index in [-0.39, 0.29) is 6.04 Å². The van der Waals surface area contributed by atoms with E-state index in [9.17, 15) is 0 Å². The molecule has 0 unspecified atom stereocenters. The average Bonchev–Trinajstić information content (AvgIpc) is 3.30. The Labute approximate surface area is 235 Å². The molecule has 2 aromatic heterocycles. The summed E-state index contributed by atoms with van der Waals surface area (Å²) in [6.45, 7) is 7.32. The molecule has 1 N–H and O–H groups in total. The highest BCUT2D eigenvalue weighted by molar-refractivity contribution is 6.42. The lowest BCUT2D eigenvalue weighted by molar-refractivity contribution is 0.248. The zero-order valence-electron chi connectivity index (χ0n) is 22.2. The molecule has 0 saturated carbocycles. The van der Waals surface area contributed by atoms with Gasteiger partial charge >= 0.3 is 0 Å². The number of halogens is 2. The first-order valence-corrected chi connectivity index (χ1v) is 14.1. The summed E-state index contributed by atoms with van der Waals surface area (Å²) in [5.41, 5.74) is 4.83. The van der Waals surface area contributed by atoms with Crippen molar-refractivity contribution in [2.24, 2.45) is 0 Å². The first kappa shape index (κ1) is 26.7. The Morgan fingerprint density at radius 1 is 1.00 bits per heavy atom. The van der Waals surface area contributed by atoms with Crippen molar-refractivity contribution in [2.45, 2.75) is 51.6 Å². The molecule has 3 heterocycles. The van der Waals surface area contributed by atoms with Gasteiger partial charge in [0.15, 0.2) is 0 Å². The third-order valence-electron chi connectivity index (χ3n) is 7.26. The van der Waals surface area contributed by atoms with Crippen LogP contribution in [-0.4, -0.2) is 44.6 Å². The smallest absolute Gasteiger partial charge is 0.223 e. The summed E-state index contributed by atoms with van der Waals surface area (Å²) >= 11 is 12.7.